The monoisotopic (exact) mass is 425 g/mol. The summed E-state index contributed by atoms with van der Waals surface area (Å²) in [6.07, 6.45) is 1.68. The van der Waals surface area contributed by atoms with Crippen LogP contribution in [0.1, 0.15) is 6.92 Å². The molecular weight excluding hydrogens is 402 g/mol. The second kappa shape index (κ2) is 9.56. The van der Waals surface area contributed by atoms with E-state index in [1.165, 1.54) is 4.31 Å². The lowest BCUT2D eigenvalue weighted by atomic mass is 10.3. The highest BCUT2D eigenvalue weighted by molar-refractivity contribution is 7.89. The quantitative estimate of drug-likeness (QED) is 0.605. The highest BCUT2D eigenvalue weighted by Gasteiger charge is 2.29. The fourth-order valence-electron chi connectivity index (χ4n) is 2.97. The largest absolute Gasteiger partial charge is 0.491 e. The van der Waals surface area contributed by atoms with Crippen LogP contribution in [0, 0.1) is 0 Å². The topological polar surface area (TPSA) is 72.0 Å². The number of piperazine rings is 1. The Morgan fingerprint density at radius 1 is 1.07 bits per heavy atom. The minimum absolute atomic E-state index is 0.258. The van der Waals surface area contributed by atoms with Gasteiger partial charge in [0.25, 0.3) is 0 Å². The minimum Gasteiger partial charge on any atom is -0.491 e. The third kappa shape index (κ3) is 4.94. The van der Waals surface area contributed by atoms with Crippen molar-refractivity contribution < 1.29 is 17.9 Å². The summed E-state index contributed by atoms with van der Waals surface area (Å²) in [5, 5.41) is 0.568. The molecule has 1 saturated heterocycles. The van der Waals surface area contributed by atoms with Crippen molar-refractivity contribution in [3.8, 4) is 5.75 Å². The summed E-state index contributed by atoms with van der Waals surface area (Å²) in [7, 11) is -3.55. The van der Waals surface area contributed by atoms with Crippen LogP contribution >= 0.6 is 11.6 Å². The van der Waals surface area contributed by atoms with Gasteiger partial charge < -0.3 is 14.4 Å². The van der Waals surface area contributed by atoms with Gasteiger partial charge in [0.1, 0.15) is 18.2 Å². The molecule has 2 heterocycles. The summed E-state index contributed by atoms with van der Waals surface area (Å²) < 4.78 is 38.1. The number of ether oxygens (including phenoxy) is 2. The molecule has 0 N–H and O–H groups in total. The Kier molecular flexibility index (Phi) is 7.12. The SMILES string of the molecule is CCOCCOc1ccc(S(=O)(=O)N2CCN(c3ncccc3Cl)CC2)cc1. The lowest BCUT2D eigenvalue weighted by Gasteiger charge is -2.35. The van der Waals surface area contributed by atoms with Gasteiger partial charge in [-0.1, -0.05) is 11.6 Å². The van der Waals surface area contributed by atoms with E-state index < -0.39 is 10.0 Å². The Morgan fingerprint density at radius 3 is 2.43 bits per heavy atom. The summed E-state index contributed by atoms with van der Waals surface area (Å²) in [6.45, 7) is 5.32. The van der Waals surface area contributed by atoms with E-state index in [0.717, 1.165) is 0 Å². The Labute approximate surface area is 170 Å². The maximum Gasteiger partial charge on any atom is 0.243 e. The van der Waals surface area contributed by atoms with Crippen molar-refractivity contribution in [3.63, 3.8) is 0 Å². The highest BCUT2D eigenvalue weighted by Crippen LogP contribution is 2.25. The first kappa shape index (κ1) is 20.9. The first-order valence-electron chi connectivity index (χ1n) is 9.18. The molecule has 9 heteroatoms. The number of anilines is 1. The molecule has 0 bridgehead atoms. The zero-order valence-corrected chi connectivity index (χ0v) is 17.3. The van der Waals surface area contributed by atoms with Crippen molar-refractivity contribution in [2.45, 2.75) is 11.8 Å². The summed E-state index contributed by atoms with van der Waals surface area (Å²) in [4.78, 5) is 6.56. The molecule has 1 aliphatic heterocycles. The Balaban J connectivity index is 1.60. The van der Waals surface area contributed by atoms with Gasteiger partial charge in [-0.25, -0.2) is 13.4 Å². The summed E-state index contributed by atoms with van der Waals surface area (Å²) in [6, 6.07) is 10.0. The number of benzene rings is 1. The summed E-state index contributed by atoms with van der Waals surface area (Å²) >= 11 is 6.19. The standard InChI is InChI=1S/C19H24ClN3O4S/c1-2-26-14-15-27-16-5-7-17(8-6-16)28(24,25)23-12-10-22(11-13-23)19-18(20)4-3-9-21-19/h3-9H,2,10-15H2,1H3. The molecule has 1 aromatic carbocycles. The lowest BCUT2D eigenvalue weighted by Crippen LogP contribution is -2.49. The molecule has 0 saturated carbocycles. The van der Waals surface area contributed by atoms with Crippen LogP contribution in [0.25, 0.3) is 0 Å². The molecule has 0 unspecified atom stereocenters. The maximum absolute atomic E-state index is 12.9. The van der Waals surface area contributed by atoms with Crippen LogP contribution in [0.3, 0.4) is 0 Å². The number of sulfonamides is 1. The molecule has 1 aliphatic rings. The van der Waals surface area contributed by atoms with Gasteiger partial charge >= 0.3 is 0 Å². The maximum atomic E-state index is 12.9. The average molecular weight is 426 g/mol. The molecule has 1 fully saturated rings. The van der Waals surface area contributed by atoms with Crippen LogP contribution in [0.15, 0.2) is 47.5 Å². The lowest BCUT2D eigenvalue weighted by molar-refractivity contribution is 0.110. The molecule has 0 atom stereocenters. The van der Waals surface area contributed by atoms with Gasteiger partial charge in [-0.2, -0.15) is 4.31 Å². The van der Waals surface area contributed by atoms with Crippen LogP contribution in [-0.4, -0.2) is 63.7 Å². The smallest absolute Gasteiger partial charge is 0.243 e. The number of hydrogen-bond acceptors (Lipinski definition) is 6. The zero-order valence-electron chi connectivity index (χ0n) is 15.8. The molecule has 7 nitrogen and oxygen atoms in total. The number of hydrogen-bond donors (Lipinski definition) is 0. The van der Waals surface area contributed by atoms with Gasteiger partial charge in [-0.05, 0) is 43.3 Å². The van der Waals surface area contributed by atoms with Crippen LogP contribution in [-0.2, 0) is 14.8 Å². The second-order valence-corrected chi connectivity index (χ2v) is 8.56. The van der Waals surface area contributed by atoms with Crippen LogP contribution in [0.5, 0.6) is 5.75 Å². The third-order valence-electron chi connectivity index (χ3n) is 4.44. The van der Waals surface area contributed by atoms with Crippen molar-refractivity contribution in [2.75, 3.05) is 50.9 Å². The molecule has 0 spiro atoms. The van der Waals surface area contributed by atoms with E-state index in [1.807, 2.05) is 11.8 Å². The summed E-state index contributed by atoms with van der Waals surface area (Å²) in [5.41, 5.74) is 0. The van der Waals surface area contributed by atoms with Gasteiger partial charge in [-0.3, -0.25) is 0 Å². The van der Waals surface area contributed by atoms with Gasteiger partial charge in [0, 0.05) is 39.0 Å². The number of nitrogens with zero attached hydrogens (tertiary/aromatic N) is 3. The molecule has 28 heavy (non-hydrogen) atoms. The van der Waals surface area contributed by atoms with Gasteiger partial charge in [0.05, 0.1) is 16.5 Å². The number of pyridine rings is 1. The van der Waals surface area contributed by atoms with E-state index in [-0.39, 0.29) is 4.90 Å². The average Bonchev–Trinajstić information content (AvgIpc) is 2.72. The first-order chi connectivity index (χ1) is 13.5. The van der Waals surface area contributed by atoms with E-state index in [9.17, 15) is 8.42 Å². The second-order valence-electron chi connectivity index (χ2n) is 6.22. The Hall–Kier alpha value is -1.87. The van der Waals surface area contributed by atoms with Crippen molar-refractivity contribution in [2.24, 2.45) is 0 Å². The molecule has 1 aromatic heterocycles. The first-order valence-corrected chi connectivity index (χ1v) is 11.0. The Morgan fingerprint density at radius 2 is 1.79 bits per heavy atom. The molecular formula is C19H24ClN3O4S. The molecule has 0 radical (unpaired) electrons. The van der Waals surface area contributed by atoms with Crippen molar-refractivity contribution >= 4 is 27.4 Å². The normalized spacial score (nSPS) is 15.6. The minimum atomic E-state index is -3.55. The van der Waals surface area contributed by atoms with Crippen molar-refractivity contribution in [1.82, 2.24) is 9.29 Å². The van der Waals surface area contributed by atoms with Gasteiger partial charge in [0.2, 0.25) is 10.0 Å². The van der Waals surface area contributed by atoms with Crippen LogP contribution in [0.2, 0.25) is 5.02 Å². The molecule has 2 aromatic rings. The zero-order chi connectivity index (χ0) is 20.0. The van der Waals surface area contributed by atoms with Gasteiger partial charge in [0.15, 0.2) is 0 Å². The van der Waals surface area contributed by atoms with E-state index in [1.54, 1.807) is 42.6 Å². The number of halogens is 1. The predicted molar refractivity (Wildman–Crippen MR) is 109 cm³/mol. The number of rotatable bonds is 8. The molecule has 0 aliphatic carbocycles. The van der Waals surface area contributed by atoms with E-state index in [4.69, 9.17) is 21.1 Å². The predicted octanol–water partition coefficient (Wildman–Crippen LogP) is 2.66. The van der Waals surface area contributed by atoms with E-state index >= 15 is 0 Å². The molecule has 152 valence electrons. The fourth-order valence-corrected chi connectivity index (χ4v) is 4.63. The van der Waals surface area contributed by atoms with Crippen molar-refractivity contribution in [3.05, 3.63) is 47.6 Å². The van der Waals surface area contributed by atoms with Crippen LogP contribution < -0.4 is 9.64 Å². The molecule has 3 rings (SSSR count). The molecule has 0 amide bonds. The highest BCUT2D eigenvalue weighted by atomic mass is 35.5. The number of aromatic nitrogens is 1. The summed E-state index contributed by atoms with van der Waals surface area (Å²) in [5.74, 6) is 1.31. The van der Waals surface area contributed by atoms with Gasteiger partial charge in [-0.15, -0.1) is 0 Å². The third-order valence-corrected chi connectivity index (χ3v) is 6.65. The fraction of sp³-hybridized carbons (Fsp3) is 0.421. The van der Waals surface area contributed by atoms with E-state index in [0.29, 0.717) is 62.6 Å². The van der Waals surface area contributed by atoms with Crippen LogP contribution in [0.4, 0.5) is 5.82 Å². The Bertz CT molecular complexity index is 869. The van der Waals surface area contributed by atoms with E-state index in [2.05, 4.69) is 4.98 Å². The van der Waals surface area contributed by atoms with Crippen molar-refractivity contribution in [1.29, 1.82) is 0 Å².